The second kappa shape index (κ2) is 5.92. The monoisotopic (exact) mass is 290 g/mol. The van der Waals surface area contributed by atoms with Gasteiger partial charge in [-0.25, -0.2) is 4.98 Å². The number of hydrogen-bond acceptors (Lipinski definition) is 3. The third-order valence-electron chi connectivity index (χ3n) is 2.95. The SMILES string of the molecule is C/C=C(\C)c1ccc(Cl)c(NC(=O)c2coc(C)n2)c1. The van der Waals surface area contributed by atoms with Crippen LogP contribution in [-0.2, 0) is 0 Å². The minimum absolute atomic E-state index is 0.228. The Kier molecular flexibility index (Phi) is 4.25. The number of halogens is 1. The molecule has 0 radical (unpaired) electrons. The van der Waals surface area contributed by atoms with Crippen LogP contribution >= 0.6 is 11.6 Å². The van der Waals surface area contributed by atoms with Crippen LogP contribution in [0.1, 0.15) is 35.8 Å². The number of anilines is 1. The van der Waals surface area contributed by atoms with Crippen molar-refractivity contribution < 1.29 is 9.21 Å². The summed E-state index contributed by atoms with van der Waals surface area (Å²) in [4.78, 5) is 16.0. The number of carbonyl (C=O) groups is 1. The van der Waals surface area contributed by atoms with Crippen molar-refractivity contribution in [2.75, 3.05) is 5.32 Å². The Morgan fingerprint density at radius 3 is 2.80 bits per heavy atom. The van der Waals surface area contributed by atoms with Crippen LogP contribution in [0.5, 0.6) is 0 Å². The number of carbonyl (C=O) groups excluding carboxylic acids is 1. The Morgan fingerprint density at radius 1 is 1.45 bits per heavy atom. The molecule has 0 aliphatic carbocycles. The molecule has 1 amide bonds. The second-order valence-electron chi connectivity index (χ2n) is 4.37. The number of nitrogens with one attached hydrogen (secondary N) is 1. The molecule has 5 heteroatoms. The Hall–Kier alpha value is -2.07. The minimum Gasteiger partial charge on any atom is -0.448 e. The van der Waals surface area contributed by atoms with Crippen LogP contribution in [0.25, 0.3) is 5.57 Å². The van der Waals surface area contributed by atoms with E-state index in [0.29, 0.717) is 16.6 Å². The lowest BCUT2D eigenvalue weighted by atomic mass is 10.1. The molecule has 2 aromatic rings. The fraction of sp³-hybridized carbons (Fsp3) is 0.200. The lowest BCUT2D eigenvalue weighted by molar-refractivity contribution is 0.102. The molecule has 0 saturated carbocycles. The summed E-state index contributed by atoms with van der Waals surface area (Å²) in [5, 5.41) is 3.22. The third kappa shape index (κ3) is 3.08. The summed E-state index contributed by atoms with van der Waals surface area (Å²) >= 11 is 6.10. The zero-order valence-electron chi connectivity index (χ0n) is 11.5. The zero-order chi connectivity index (χ0) is 14.7. The van der Waals surface area contributed by atoms with Crippen molar-refractivity contribution in [3.8, 4) is 0 Å². The molecule has 0 aliphatic rings. The quantitative estimate of drug-likeness (QED) is 0.916. The van der Waals surface area contributed by atoms with Gasteiger partial charge in [-0.1, -0.05) is 23.7 Å². The Morgan fingerprint density at radius 2 is 2.20 bits per heavy atom. The Bertz CT molecular complexity index is 674. The average molecular weight is 291 g/mol. The van der Waals surface area contributed by atoms with Crippen LogP contribution in [0.2, 0.25) is 5.02 Å². The van der Waals surface area contributed by atoms with Crippen LogP contribution in [0, 0.1) is 6.92 Å². The molecule has 2 rings (SSSR count). The van der Waals surface area contributed by atoms with Gasteiger partial charge in [-0.15, -0.1) is 0 Å². The van der Waals surface area contributed by atoms with Gasteiger partial charge in [-0.05, 0) is 37.1 Å². The molecule has 0 saturated heterocycles. The van der Waals surface area contributed by atoms with Crippen molar-refractivity contribution in [2.24, 2.45) is 0 Å². The summed E-state index contributed by atoms with van der Waals surface area (Å²) in [5.74, 6) is 0.0961. The number of oxazole rings is 1. The molecule has 1 N–H and O–H groups in total. The highest BCUT2D eigenvalue weighted by molar-refractivity contribution is 6.34. The van der Waals surface area contributed by atoms with Gasteiger partial charge in [0, 0.05) is 6.92 Å². The predicted molar refractivity (Wildman–Crippen MR) is 80.0 cm³/mol. The lowest BCUT2D eigenvalue weighted by Crippen LogP contribution is -2.12. The minimum atomic E-state index is -0.348. The van der Waals surface area contributed by atoms with Gasteiger partial charge in [0.2, 0.25) is 0 Å². The first kappa shape index (κ1) is 14.3. The molecule has 1 aromatic heterocycles. The molecular weight excluding hydrogens is 276 g/mol. The van der Waals surface area contributed by atoms with E-state index in [1.807, 2.05) is 32.1 Å². The molecular formula is C15H15ClN2O2. The Labute approximate surface area is 122 Å². The van der Waals surface area contributed by atoms with Crippen molar-refractivity contribution in [3.63, 3.8) is 0 Å². The van der Waals surface area contributed by atoms with E-state index in [1.54, 1.807) is 13.0 Å². The fourth-order valence-electron chi connectivity index (χ4n) is 1.69. The average Bonchev–Trinajstić information content (AvgIpc) is 2.87. The van der Waals surface area contributed by atoms with Crippen LogP contribution in [0.15, 0.2) is 35.0 Å². The first-order valence-corrected chi connectivity index (χ1v) is 6.55. The summed E-state index contributed by atoms with van der Waals surface area (Å²) in [5.41, 5.74) is 2.89. The van der Waals surface area contributed by atoms with E-state index in [9.17, 15) is 4.79 Å². The summed E-state index contributed by atoms with van der Waals surface area (Å²) in [7, 11) is 0. The van der Waals surface area contributed by atoms with Gasteiger partial charge < -0.3 is 9.73 Å². The van der Waals surface area contributed by atoms with E-state index in [0.717, 1.165) is 11.1 Å². The van der Waals surface area contributed by atoms with E-state index in [2.05, 4.69) is 10.3 Å². The largest absolute Gasteiger partial charge is 0.448 e. The van der Waals surface area contributed by atoms with Crippen LogP contribution < -0.4 is 5.32 Å². The maximum atomic E-state index is 12.0. The second-order valence-corrected chi connectivity index (χ2v) is 4.78. The van der Waals surface area contributed by atoms with Gasteiger partial charge in [-0.3, -0.25) is 4.79 Å². The van der Waals surface area contributed by atoms with E-state index in [1.165, 1.54) is 6.26 Å². The normalized spacial score (nSPS) is 11.5. The van der Waals surface area contributed by atoms with Gasteiger partial charge in [-0.2, -0.15) is 0 Å². The summed E-state index contributed by atoms with van der Waals surface area (Å²) in [6.07, 6.45) is 3.31. The van der Waals surface area contributed by atoms with Gasteiger partial charge in [0.15, 0.2) is 11.6 Å². The van der Waals surface area contributed by atoms with E-state index in [-0.39, 0.29) is 11.6 Å². The molecule has 0 unspecified atom stereocenters. The van der Waals surface area contributed by atoms with E-state index >= 15 is 0 Å². The molecule has 0 spiro atoms. The maximum absolute atomic E-state index is 12.0. The molecule has 0 bridgehead atoms. The van der Waals surface area contributed by atoms with Crippen molar-refractivity contribution >= 4 is 28.8 Å². The lowest BCUT2D eigenvalue weighted by Gasteiger charge is -2.08. The molecule has 1 aromatic carbocycles. The van der Waals surface area contributed by atoms with Crippen molar-refractivity contribution in [3.05, 3.63) is 52.7 Å². The van der Waals surface area contributed by atoms with Crippen molar-refractivity contribution in [1.29, 1.82) is 0 Å². The van der Waals surface area contributed by atoms with Crippen molar-refractivity contribution in [1.82, 2.24) is 4.98 Å². The van der Waals surface area contributed by atoms with Crippen LogP contribution in [0.3, 0.4) is 0 Å². The predicted octanol–water partition coefficient (Wildman–Crippen LogP) is 4.31. The third-order valence-corrected chi connectivity index (χ3v) is 3.28. The molecule has 4 nitrogen and oxygen atoms in total. The standard InChI is InChI=1S/C15H15ClN2O2/c1-4-9(2)11-5-6-12(16)13(7-11)18-15(19)14-8-20-10(3)17-14/h4-8H,1-3H3,(H,18,19)/b9-4+. The van der Waals surface area contributed by atoms with Crippen molar-refractivity contribution in [2.45, 2.75) is 20.8 Å². The molecule has 0 aliphatic heterocycles. The smallest absolute Gasteiger partial charge is 0.277 e. The van der Waals surface area contributed by atoms with Gasteiger partial charge in [0.1, 0.15) is 6.26 Å². The number of aromatic nitrogens is 1. The summed E-state index contributed by atoms with van der Waals surface area (Å²) in [6.45, 7) is 5.63. The first-order valence-electron chi connectivity index (χ1n) is 6.17. The van der Waals surface area contributed by atoms with E-state index < -0.39 is 0 Å². The van der Waals surface area contributed by atoms with Gasteiger partial charge in [0.05, 0.1) is 10.7 Å². The Balaban J connectivity index is 2.26. The molecule has 0 atom stereocenters. The number of allylic oxidation sites excluding steroid dienone is 2. The number of rotatable bonds is 3. The molecule has 1 heterocycles. The molecule has 20 heavy (non-hydrogen) atoms. The first-order chi connectivity index (χ1) is 9.51. The van der Waals surface area contributed by atoms with Gasteiger partial charge >= 0.3 is 0 Å². The van der Waals surface area contributed by atoms with Gasteiger partial charge in [0.25, 0.3) is 5.91 Å². The topological polar surface area (TPSA) is 55.1 Å². The van der Waals surface area contributed by atoms with E-state index in [4.69, 9.17) is 16.0 Å². The number of hydrogen-bond donors (Lipinski definition) is 1. The highest BCUT2D eigenvalue weighted by Crippen LogP contribution is 2.26. The number of aryl methyl sites for hydroxylation is 1. The zero-order valence-corrected chi connectivity index (χ0v) is 12.3. The van der Waals surface area contributed by atoms with Crippen LogP contribution in [-0.4, -0.2) is 10.9 Å². The maximum Gasteiger partial charge on any atom is 0.277 e. The molecule has 0 fully saturated rings. The van der Waals surface area contributed by atoms with Crippen LogP contribution in [0.4, 0.5) is 5.69 Å². The number of amides is 1. The number of nitrogens with zero attached hydrogens (tertiary/aromatic N) is 1. The summed E-state index contributed by atoms with van der Waals surface area (Å²) < 4.78 is 5.02. The highest BCUT2D eigenvalue weighted by atomic mass is 35.5. The number of benzene rings is 1. The molecule has 104 valence electrons. The highest BCUT2D eigenvalue weighted by Gasteiger charge is 2.13. The fourth-order valence-corrected chi connectivity index (χ4v) is 1.85. The summed E-state index contributed by atoms with van der Waals surface area (Å²) in [6, 6.07) is 5.50.